The molecule has 2 aliphatic heterocycles. The van der Waals surface area contributed by atoms with Crippen LogP contribution in [0.15, 0.2) is 50.8 Å². The van der Waals surface area contributed by atoms with Gasteiger partial charge in [-0.05, 0) is 43.2 Å². The summed E-state index contributed by atoms with van der Waals surface area (Å²) < 4.78 is 32.6. The van der Waals surface area contributed by atoms with Crippen molar-refractivity contribution >= 4 is 39.3 Å². The van der Waals surface area contributed by atoms with Crippen molar-refractivity contribution in [2.24, 2.45) is 0 Å². The van der Waals surface area contributed by atoms with E-state index in [1.807, 2.05) is 0 Å². The average Bonchev–Trinajstić information content (AvgIpc) is 3.44. The quantitative estimate of drug-likeness (QED) is 0.671. The van der Waals surface area contributed by atoms with Crippen molar-refractivity contribution in [3.8, 4) is 0 Å². The number of rotatable bonds is 6. The highest BCUT2D eigenvalue weighted by atomic mass is 32.2. The molecule has 8 nitrogen and oxygen atoms in total. The third-order valence-corrected chi connectivity index (χ3v) is 8.21. The second-order valence-corrected chi connectivity index (χ2v) is 10.3. The number of nitrogens with zero attached hydrogens (tertiary/aromatic N) is 3. The molecule has 30 heavy (non-hydrogen) atoms. The second kappa shape index (κ2) is 8.44. The SMILES string of the molecule is CN(Cc1ccco1)C(=O)CN1C(=O)CSc2ccc(S(=O)(=O)N3CCCC3)cc21. The minimum absolute atomic E-state index is 0.153. The van der Waals surface area contributed by atoms with Crippen LogP contribution in [0.2, 0.25) is 0 Å². The first-order valence-electron chi connectivity index (χ1n) is 9.70. The second-order valence-electron chi connectivity index (χ2n) is 7.34. The van der Waals surface area contributed by atoms with E-state index in [1.54, 1.807) is 31.3 Å². The lowest BCUT2D eigenvalue weighted by molar-refractivity contribution is -0.130. The Morgan fingerprint density at radius 3 is 2.70 bits per heavy atom. The van der Waals surface area contributed by atoms with Gasteiger partial charge in [-0.3, -0.25) is 9.59 Å². The highest BCUT2D eigenvalue weighted by Gasteiger charge is 2.32. The number of furan rings is 1. The van der Waals surface area contributed by atoms with Crippen molar-refractivity contribution in [3.63, 3.8) is 0 Å². The topological polar surface area (TPSA) is 91.1 Å². The van der Waals surface area contributed by atoms with Crippen molar-refractivity contribution in [2.45, 2.75) is 29.2 Å². The molecule has 1 aromatic heterocycles. The summed E-state index contributed by atoms with van der Waals surface area (Å²) in [5.74, 6) is 0.375. The molecule has 0 radical (unpaired) electrons. The predicted molar refractivity (Wildman–Crippen MR) is 113 cm³/mol. The molecule has 10 heteroatoms. The number of likely N-dealkylation sites (N-methyl/N-ethyl adjacent to an activating group) is 1. The molecular weight excluding hydrogens is 426 g/mol. The van der Waals surface area contributed by atoms with E-state index < -0.39 is 10.0 Å². The third-order valence-electron chi connectivity index (χ3n) is 5.27. The van der Waals surface area contributed by atoms with Crippen molar-refractivity contribution in [1.82, 2.24) is 9.21 Å². The van der Waals surface area contributed by atoms with E-state index in [0.717, 1.165) is 17.7 Å². The zero-order chi connectivity index (χ0) is 21.3. The number of amides is 2. The Morgan fingerprint density at radius 2 is 2.00 bits per heavy atom. The van der Waals surface area contributed by atoms with E-state index in [4.69, 9.17) is 4.42 Å². The summed E-state index contributed by atoms with van der Waals surface area (Å²) in [5.41, 5.74) is 0.469. The molecule has 160 valence electrons. The summed E-state index contributed by atoms with van der Waals surface area (Å²) in [6.45, 7) is 1.15. The molecule has 0 N–H and O–H groups in total. The monoisotopic (exact) mass is 449 g/mol. The minimum atomic E-state index is -3.61. The number of anilines is 1. The Labute approximate surface area is 179 Å². The molecule has 0 aliphatic carbocycles. The molecule has 2 aromatic rings. The van der Waals surface area contributed by atoms with Gasteiger partial charge in [-0.25, -0.2) is 8.42 Å². The first kappa shape index (κ1) is 21.0. The normalized spacial score (nSPS) is 17.2. The van der Waals surface area contributed by atoms with Gasteiger partial charge >= 0.3 is 0 Å². The Balaban J connectivity index is 1.58. The predicted octanol–water partition coefficient (Wildman–Crippen LogP) is 2.16. The van der Waals surface area contributed by atoms with E-state index >= 15 is 0 Å². The van der Waals surface area contributed by atoms with Crippen LogP contribution in [0, 0.1) is 0 Å². The van der Waals surface area contributed by atoms with Gasteiger partial charge in [-0.15, -0.1) is 11.8 Å². The van der Waals surface area contributed by atoms with E-state index in [-0.39, 0.29) is 29.0 Å². The van der Waals surface area contributed by atoms with Gasteiger partial charge in [-0.1, -0.05) is 0 Å². The third kappa shape index (κ3) is 4.12. The van der Waals surface area contributed by atoms with Crippen LogP contribution in [0.5, 0.6) is 0 Å². The molecule has 0 saturated carbocycles. The lowest BCUT2D eigenvalue weighted by atomic mass is 10.2. The molecule has 0 bridgehead atoms. The van der Waals surface area contributed by atoms with Gasteiger partial charge in [0.05, 0.1) is 29.1 Å². The molecule has 2 aliphatic rings. The Bertz CT molecular complexity index is 1050. The summed E-state index contributed by atoms with van der Waals surface area (Å²) in [4.78, 5) is 29.2. The molecule has 2 amide bonds. The number of fused-ring (bicyclic) bond motifs is 1. The van der Waals surface area contributed by atoms with Crippen LogP contribution in [-0.2, 0) is 26.2 Å². The largest absolute Gasteiger partial charge is 0.467 e. The van der Waals surface area contributed by atoms with Crippen LogP contribution in [0.3, 0.4) is 0 Å². The van der Waals surface area contributed by atoms with Crippen LogP contribution in [0.25, 0.3) is 0 Å². The molecule has 0 unspecified atom stereocenters. The maximum atomic E-state index is 12.9. The fourth-order valence-electron chi connectivity index (χ4n) is 3.57. The van der Waals surface area contributed by atoms with Gasteiger partial charge in [0.15, 0.2) is 0 Å². The lowest BCUT2D eigenvalue weighted by Crippen LogP contribution is -2.43. The molecule has 4 rings (SSSR count). The first-order valence-corrected chi connectivity index (χ1v) is 12.1. The maximum absolute atomic E-state index is 12.9. The summed E-state index contributed by atoms with van der Waals surface area (Å²) in [6.07, 6.45) is 3.24. The summed E-state index contributed by atoms with van der Waals surface area (Å²) in [5, 5.41) is 0. The lowest BCUT2D eigenvalue weighted by Gasteiger charge is -2.30. The van der Waals surface area contributed by atoms with E-state index in [1.165, 1.54) is 38.2 Å². The van der Waals surface area contributed by atoms with Crippen LogP contribution in [0.4, 0.5) is 5.69 Å². The average molecular weight is 450 g/mol. The molecular formula is C20H23N3O5S2. The fourth-order valence-corrected chi connectivity index (χ4v) is 6.03. The molecule has 1 saturated heterocycles. The van der Waals surface area contributed by atoms with Crippen molar-refractivity contribution in [3.05, 3.63) is 42.4 Å². The molecule has 1 aromatic carbocycles. The first-order chi connectivity index (χ1) is 14.4. The molecule has 1 fully saturated rings. The van der Waals surface area contributed by atoms with E-state index in [9.17, 15) is 18.0 Å². The Kier molecular flexibility index (Phi) is 5.90. The zero-order valence-electron chi connectivity index (χ0n) is 16.6. The summed E-state index contributed by atoms with van der Waals surface area (Å²) >= 11 is 1.35. The summed E-state index contributed by atoms with van der Waals surface area (Å²) in [6, 6.07) is 8.35. The Hall–Kier alpha value is -2.30. The standard InChI is InChI=1S/C20H23N3O5S2/c1-21(12-15-5-4-10-28-15)19(24)13-23-17-11-16(6-7-18(17)29-14-20(23)25)30(26,27)22-8-2-3-9-22/h4-7,10-11H,2-3,8-9,12-14H2,1H3. The molecule has 3 heterocycles. The highest BCUT2D eigenvalue weighted by molar-refractivity contribution is 8.00. The summed E-state index contributed by atoms with van der Waals surface area (Å²) in [7, 11) is -1.97. The molecule has 0 atom stereocenters. The number of carbonyl (C=O) groups is 2. The van der Waals surface area contributed by atoms with Gasteiger partial charge < -0.3 is 14.2 Å². The number of sulfonamides is 1. The number of carbonyl (C=O) groups excluding carboxylic acids is 2. The van der Waals surface area contributed by atoms with Crippen LogP contribution < -0.4 is 4.90 Å². The van der Waals surface area contributed by atoms with E-state index in [2.05, 4.69) is 0 Å². The van der Waals surface area contributed by atoms with Gasteiger partial charge in [0.2, 0.25) is 21.8 Å². The number of thioether (sulfide) groups is 1. The van der Waals surface area contributed by atoms with Gasteiger partial charge in [0.25, 0.3) is 0 Å². The van der Waals surface area contributed by atoms with Crippen molar-refractivity contribution in [1.29, 1.82) is 0 Å². The number of hydrogen-bond acceptors (Lipinski definition) is 6. The highest BCUT2D eigenvalue weighted by Crippen LogP contribution is 2.37. The Morgan fingerprint density at radius 1 is 1.23 bits per heavy atom. The van der Waals surface area contributed by atoms with Crippen LogP contribution in [-0.4, -0.2) is 61.9 Å². The smallest absolute Gasteiger partial charge is 0.243 e. The number of benzene rings is 1. The van der Waals surface area contributed by atoms with Crippen LogP contribution >= 0.6 is 11.8 Å². The van der Waals surface area contributed by atoms with Crippen LogP contribution in [0.1, 0.15) is 18.6 Å². The van der Waals surface area contributed by atoms with Gasteiger partial charge in [-0.2, -0.15) is 4.31 Å². The maximum Gasteiger partial charge on any atom is 0.243 e. The van der Waals surface area contributed by atoms with Gasteiger partial charge in [0, 0.05) is 25.0 Å². The fraction of sp³-hybridized carbons (Fsp3) is 0.400. The van der Waals surface area contributed by atoms with Gasteiger partial charge in [0.1, 0.15) is 12.3 Å². The van der Waals surface area contributed by atoms with Crippen molar-refractivity contribution < 1.29 is 22.4 Å². The molecule has 0 spiro atoms. The minimum Gasteiger partial charge on any atom is -0.467 e. The van der Waals surface area contributed by atoms with Crippen molar-refractivity contribution in [2.75, 3.05) is 37.3 Å². The van der Waals surface area contributed by atoms with E-state index in [0.29, 0.717) is 31.1 Å². The number of hydrogen-bond donors (Lipinski definition) is 0. The zero-order valence-corrected chi connectivity index (χ0v) is 18.2.